The standard InChI is InChI=1S/C19H24N2/c1-14-8-15(2)10-17(9-14)13-21(19-6-7-19)12-16-4-3-5-18(20)11-16/h3-5,8-11,19H,6-7,12-13,20H2,1-2H3. The van der Waals surface area contributed by atoms with Gasteiger partial charge in [-0.25, -0.2) is 0 Å². The van der Waals surface area contributed by atoms with Crippen LogP contribution in [0.2, 0.25) is 0 Å². The minimum Gasteiger partial charge on any atom is -0.399 e. The SMILES string of the molecule is Cc1cc(C)cc(CN(Cc2cccc(N)c2)C2CC2)c1. The zero-order valence-corrected chi connectivity index (χ0v) is 13.0. The molecule has 0 aromatic heterocycles. The molecular formula is C19H24N2. The van der Waals surface area contributed by atoms with Crippen LogP contribution in [0.1, 0.15) is 35.1 Å². The number of nitrogens with zero attached hydrogens (tertiary/aromatic N) is 1. The minimum absolute atomic E-state index is 0.743. The number of anilines is 1. The van der Waals surface area contributed by atoms with Gasteiger partial charge in [-0.05, 0) is 49.9 Å². The first-order valence-corrected chi connectivity index (χ1v) is 7.76. The Balaban J connectivity index is 1.75. The third kappa shape index (κ3) is 3.85. The van der Waals surface area contributed by atoms with E-state index in [0.29, 0.717) is 0 Å². The summed E-state index contributed by atoms with van der Waals surface area (Å²) in [5.74, 6) is 0. The first kappa shape index (κ1) is 14.2. The predicted molar refractivity (Wildman–Crippen MR) is 89.0 cm³/mol. The molecule has 3 rings (SSSR count). The minimum atomic E-state index is 0.743. The average Bonchev–Trinajstić information content (AvgIpc) is 3.21. The van der Waals surface area contributed by atoms with Crippen molar-refractivity contribution < 1.29 is 0 Å². The van der Waals surface area contributed by atoms with Gasteiger partial charge in [0, 0.05) is 24.8 Å². The lowest BCUT2D eigenvalue weighted by Crippen LogP contribution is -2.25. The lowest BCUT2D eigenvalue weighted by Gasteiger charge is -2.23. The van der Waals surface area contributed by atoms with Gasteiger partial charge >= 0.3 is 0 Å². The quantitative estimate of drug-likeness (QED) is 0.837. The molecule has 2 nitrogen and oxygen atoms in total. The van der Waals surface area contributed by atoms with Gasteiger partial charge in [0.1, 0.15) is 0 Å². The Morgan fingerprint density at radius 2 is 1.62 bits per heavy atom. The zero-order valence-electron chi connectivity index (χ0n) is 13.0. The summed E-state index contributed by atoms with van der Waals surface area (Å²) in [6.45, 7) is 6.37. The van der Waals surface area contributed by atoms with Crippen molar-refractivity contribution in [3.05, 3.63) is 64.7 Å². The highest BCUT2D eigenvalue weighted by molar-refractivity contribution is 5.40. The normalized spacial score (nSPS) is 14.6. The molecule has 21 heavy (non-hydrogen) atoms. The van der Waals surface area contributed by atoms with Gasteiger partial charge < -0.3 is 5.73 Å². The van der Waals surface area contributed by atoms with Crippen LogP contribution in [0.15, 0.2) is 42.5 Å². The van der Waals surface area contributed by atoms with Crippen molar-refractivity contribution >= 4 is 5.69 Å². The van der Waals surface area contributed by atoms with E-state index >= 15 is 0 Å². The molecule has 0 radical (unpaired) electrons. The molecule has 0 spiro atoms. The summed E-state index contributed by atoms with van der Waals surface area (Å²) in [7, 11) is 0. The first-order valence-electron chi connectivity index (χ1n) is 7.76. The molecule has 2 aromatic rings. The Morgan fingerprint density at radius 1 is 0.952 bits per heavy atom. The van der Waals surface area contributed by atoms with Gasteiger partial charge in [0.05, 0.1) is 0 Å². The fraction of sp³-hybridized carbons (Fsp3) is 0.368. The van der Waals surface area contributed by atoms with Crippen molar-refractivity contribution in [2.45, 2.75) is 45.8 Å². The third-order valence-electron chi connectivity index (χ3n) is 4.07. The largest absolute Gasteiger partial charge is 0.399 e. The highest BCUT2D eigenvalue weighted by Crippen LogP contribution is 2.30. The van der Waals surface area contributed by atoms with Gasteiger partial charge in [-0.3, -0.25) is 4.90 Å². The average molecular weight is 280 g/mol. The van der Waals surface area contributed by atoms with E-state index in [4.69, 9.17) is 5.73 Å². The van der Waals surface area contributed by atoms with Crippen LogP contribution in [-0.2, 0) is 13.1 Å². The maximum Gasteiger partial charge on any atom is 0.0317 e. The van der Waals surface area contributed by atoms with E-state index in [9.17, 15) is 0 Å². The number of benzene rings is 2. The lowest BCUT2D eigenvalue weighted by atomic mass is 10.1. The summed E-state index contributed by atoms with van der Waals surface area (Å²) in [4.78, 5) is 2.59. The van der Waals surface area contributed by atoms with E-state index in [1.807, 2.05) is 12.1 Å². The molecule has 2 N–H and O–H groups in total. The van der Waals surface area contributed by atoms with Crippen molar-refractivity contribution in [3.8, 4) is 0 Å². The second-order valence-corrected chi connectivity index (χ2v) is 6.38. The van der Waals surface area contributed by atoms with Gasteiger partial charge in [0.15, 0.2) is 0 Å². The summed E-state index contributed by atoms with van der Waals surface area (Å²) in [5, 5.41) is 0. The summed E-state index contributed by atoms with van der Waals surface area (Å²) in [6.07, 6.45) is 2.65. The Kier molecular flexibility index (Phi) is 3.98. The van der Waals surface area contributed by atoms with Crippen LogP contribution in [0, 0.1) is 13.8 Å². The summed E-state index contributed by atoms with van der Waals surface area (Å²) in [6, 6.07) is 15.9. The van der Waals surface area contributed by atoms with Crippen LogP contribution in [0.5, 0.6) is 0 Å². The molecule has 110 valence electrons. The molecule has 0 amide bonds. The number of rotatable bonds is 5. The van der Waals surface area contributed by atoms with E-state index in [-0.39, 0.29) is 0 Å². The number of hydrogen-bond donors (Lipinski definition) is 1. The number of aryl methyl sites for hydroxylation is 2. The van der Waals surface area contributed by atoms with Crippen molar-refractivity contribution in [3.63, 3.8) is 0 Å². The van der Waals surface area contributed by atoms with E-state index in [0.717, 1.165) is 24.8 Å². The number of hydrogen-bond acceptors (Lipinski definition) is 2. The molecule has 1 saturated carbocycles. The maximum atomic E-state index is 5.90. The molecule has 2 heteroatoms. The molecular weight excluding hydrogens is 256 g/mol. The molecule has 1 aliphatic rings. The molecule has 0 saturated heterocycles. The van der Waals surface area contributed by atoms with Crippen LogP contribution >= 0.6 is 0 Å². The zero-order chi connectivity index (χ0) is 14.8. The predicted octanol–water partition coefficient (Wildman–Crippen LogP) is 4.05. The smallest absolute Gasteiger partial charge is 0.0317 e. The molecule has 0 unspecified atom stereocenters. The van der Waals surface area contributed by atoms with E-state index in [2.05, 4.69) is 49.1 Å². The van der Waals surface area contributed by atoms with Gasteiger partial charge in [-0.2, -0.15) is 0 Å². The van der Waals surface area contributed by atoms with Crippen molar-refractivity contribution in [2.24, 2.45) is 0 Å². The Morgan fingerprint density at radius 3 is 2.24 bits per heavy atom. The monoisotopic (exact) mass is 280 g/mol. The first-order chi connectivity index (χ1) is 10.1. The highest BCUT2D eigenvalue weighted by atomic mass is 15.2. The van der Waals surface area contributed by atoms with E-state index in [1.54, 1.807) is 0 Å². The molecule has 2 aromatic carbocycles. The fourth-order valence-corrected chi connectivity index (χ4v) is 3.07. The van der Waals surface area contributed by atoms with Gasteiger partial charge in [0.25, 0.3) is 0 Å². The summed E-state index contributed by atoms with van der Waals surface area (Å²) < 4.78 is 0. The molecule has 0 bridgehead atoms. The van der Waals surface area contributed by atoms with Crippen molar-refractivity contribution in [2.75, 3.05) is 5.73 Å². The van der Waals surface area contributed by atoms with Crippen molar-refractivity contribution in [1.82, 2.24) is 4.90 Å². The maximum absolute atomic E-state index is 5.90. The van der Waals surface area contributed by atoms with E-state index in [1.165, 1.54) is 35.1 Å². The Hall–Kier alpha value is -1.80. The molecule has 0 aliphatic heterocycles. The van der Waals surface area contributed by atoms with Crippen molar-refractivity contribution in [1.29, 1.82) is 0 Å². The van der Waals surface area contributed by atoms with Gasteiger partial charge in [-0.1, -0.05) is 41.5 Å². The Bertz CT molecular complexity index is 609. The number of nitrogen functional groups attached to an aromatic ring is 1. The van der Waals surface area contributed by atoms with Gasteiger partial charge in [0.2, 0.25) is 0 Å². The molecule has 0 heterocycles. The van der Waals surface area contributed by atoms with Gasteiger partial charge in [-0.15, -0.1) is 0 Å². The van der Waals surface area contributed by atoms with E-state index < -0.39 is 0 Å². The summed E-state index contributed by atoms with van der Waals surface area (Å²) in [5.41, 5.74) is 12.2. The van der Waals surface area contributed by atoms with Crippen LogP contribution < -0.4 is 5.73 Å². The Labute approximate surface area is 127 Å². The number of nitrogens with two attached hydrogens (primary N) is 1. The fourth-order valence-electron chi connectivity index (χ4n) is 3.07. The third-order valence-corrected chi connectivity index (χ3v) is 4.07. The second-order valence-electron chi connectivity index (χ2n) is 6.38. The topological polar surface area (TPSA) is 29.3 Å². The second kappa shape index (κ2) is 5.90. The summed E-state index contributed by atoms with van der Waals surface area (Å²) >= 11 is 0. The van der Waals surface area contributed by atoms with Crippen LogP contribution in [0.4, 0.5) is 5.69 Å². The van der Waals surface area contributed by atoms with Crippen LogP contribution in [-0.4, -0.2) is 10.9 Å². The lowest BCUT2D eigenvalue weighted by molar-refractivity contribution is 0.246. The highest BCUT2D eigenvalue weighted by Gasteiger charge is 2.28. The van der Waals surface area contributed by atoms with Crippen LogP contribution in [0.25, 0.3) is 0 Å². The molecule has 0 atom stereocenters. The molecule has 1 fully saturated rings. The van der Waals surface area contributed by atoms with Crippen LogP contribution in [0.3, 0.4) is 0 Å². The molecule has 1 aliphatic carbocycles.